The monoisotopic (exact) mass is 285 g/mol. The summed E-state index contributed by atoms with van der Waals surface area (Å²) in [5, 5.41) is 0.773. The van der Waals surface area contributed by atoms with Gasteiger partial charge in [-0.3, -0.25) is 0 Å². The number of rotatable bonds is 5. The summed E-state index contributed by atoms with van der Waals surface area (Å²) >= 11 is 5.87. The van der Waals surface area contributed by atoms with E-state index in [2.05, 4.69) is 55.3 Å². The van der Waals surface area contributed by atoms with E-state index >= 15 is 0 Å². The van der Waals surface area contributed by atoms with Gasteiger partial charge in [0.1, 0.15) is 0 Å². The molecule has 0 aliphatic carbocycles. The fourth-order valence-electron chi connectivity index (χ4n) is 2.01. The number of nitrogens with zero attached hydrogens (tertiary/aromatic N) is 1. The maximum Gasteiger partial charge on any atom is 0.0406 e. The lowest BCUT2D eigenvalue weighted by molar-refractivity contribution is 1.03. The van der Waals surface area contributed by atoms with Crippen LogP contribution in [-0.4, -0.2) is 13.6 Å². The van der Waals surface area contributed by atoms with Crippen molar-refractivity contribution in [2.75, 3.05) is 18.5 Å². The van der Waals surface area contributed by atoms with Gasteiger partial charge in [-0.25, -0.2) is 0 Å². The lowest BCUT2D eigenvalue weighted by atomic mass is 10.1. The van der Waals surface area contributed by atoms with Crippen LogP contribution in [0, 0.1) is 0 Å². The van der Waals surface area contributed by atoms with Gasteiger partial charge in [0.2, 0.25) is 0 Å². The molecule has 1 nitrogen and oxygen atoms in total. The molecular formula is C18H20ClN. The van der Waals surface area contributed by atoms with Gasteiger partial charge in [0.05, 0.1) is 0 Å². The molecular weight excluding hydrogens is 266 g/mol. The molecule has 0 unspecified atom stereocenters. The summed E-state index contributed by atoms with van der Waals surface area (Å²) in [5.41, 5.74) is 3.78. The first-order valence-corrected chi connectivity index (χ1v) is 7.29. The quantitative estimate of drug-likeness (QED) is 0.743. The van der Waals surface area contributed by atoms with Crippen LogP contribution in [0.25, 0.3) is 6.08 Å². The summed E-state index contributed by atoms with van der Waals surface area (Å²) in [4.78, 5) is 2.23. The number of halogens is 1. The number of hydrogen-bond donors (Lipinski definition) is 0. The zero-order valence-electron chi connectivity index (χ0n) is 12.0. The van der Waals surface area contributed by atoms with Crippen LogP contribution in [0.15, 0.2) is 54.6 Å². The van der Waals surface area contributed by atoms with Crippen molar-refractivity contribution in [2.24, 2.45) is 0 Å². The Morgan fingerprint density at radius 1 is 1.00 bits per heavy atom. The molecule has 0 aromatic heterocycles. The Hall–Kier alpha value is -1.73. The smallest absolute Gasteiger partial charge is 0.0406 e. The second kappa shape index (κ2) is 7.16. The molecule has 0 N–H and O–H groups in total. The van der Waals surface area contributed by atoms with E-state index in [1.54, 1.807) is 0 Å². The highest BCUT2D eigenvalue weighted by Gasteiger charge is 1.98. The van der Waals surface area contributed by atoms with Crippen molar-refractivity contribution >= 4 is 23.4 Å². The summed E-state index contributed by atoms with van der Waals surface area (Å²) in [6.07, 6.45) is 5.37. The second-order valence-corrected chi connectivity index (χ2v) is 5.29. The second-order valence-electron chi connectivity index (χ2n) is 4.85. The molecule has 0 aliphatic heterocycles. The maximum absolute atomic E-state index is 5.87. The van der Waals surface area contributed by atoms with Crippen LogP contribution in [0.2, 0.25) is 5.02 Å². The zero-order valence-corrected chi connectivity index (χ0v) is 12.8. The van der Waals surface area contributed by atoms with Crippen LogP contribution in [0.3, 0.4) is 0 Å². The third-order valence-electron chi connectivity index (χ3n) is 3.34. The Kier molecular flexibility index (Phi) is 5.25. The van der Waals surface area contributed by atoms with Gasteiger partial charge in [-0.2, -0.15) is 0 Å². The molecule has 0 atom stereocenters. The van der Waals surface area contributed by atoms with E-state index in [9.17, 15) is 0 Å². The number of anilines is 1. The zero-order chi connectivity index (χ0) is 14.4. The van der Waals surface area contributed by atoms with E-state index in [1.807, 2.05) is 24.3 Å². The highest BCUT2D eigenvalue weighted by atomic mass is 35.5. The number of likely N-dealkylation sites (N-methyl/N-ethyl adjacent to an activating group) is 1. The molecule has 0 heterocycles. The molecule has 104 valence electrons. The van der Waals surface area contributed by atoms with Crippen molar-refractivity contribution in [3.63, 3.8) is 0 Å². The van der Waals surface area contributed by atoms with Crippen LogP contribution < -0.4 is 4.90 Å². The van der Waals surface area contributed by atoms with Gasteiger partial charge in [0.25, 0.3) is 0 Å². The summed E-state index contributed by atoms with van der Waals surface area (Å²) in [5.74, 6) is 0. The Bertz CT molecular complexity index is 555. The molecule has 0 aliphatic rings. The van der Waals surface area contributed by atoms with Crippen LogP contribution in [0.4, 0.5) is 5.69 Å². The minimum absolute atomic E-state index is 0.773. The molecule has 0 fully saturated rings. The first kappa shape index (κ1) is 14.7. The molecule has 0 saturated carbocycles. The number of hydrogen-bond acceptors (Lipinski definition) is 1. The van der Waals surface area contributed by atoms with Crippen LogP contribution in [0.1, 0.15) is 18.1 Å². The molecule has 2 heteroatoms. The molecule has 0 saturated heterocycles. The van der Waals surface area contributed by atoms with Gasteiger partial charge in [0, 0.05) is 24.3 Å². The van der Waals surface area contributed by atoms with Crippen molar-refractivity contribution in [2.45, 2.75) is 13.3 Å². The fraction of sp³-hybridized carbons (Fsp3) is 0.222. The molecule has 2 rings (SSSR count). The Labute approximate surface area is 126 Å². The third kappa shape index (κ3) is 4.14. The minimum atomic E-state index is 0.773. The molecule has 0 radical (unpaired) electrons. The van der Waals surface area contributed by atoms with Crippen LogP contribution in [0.5, 0.6) is 0 Å². The van der Waals surface area contributed by atoms with E-state index < -0.39 is 0 Å². The topological polar surface area (TPSA) is 3.24 Å². The number of aryl methyl sites for hydroxylation is 1. The average Bonchev–Trinajstić information content (AvgIpc) is 2.49. The first-order chi connectivity index (χ1) is 9.69. The first-order valence-electron chi connectivity index (χ1n) is 6.91. The van der Waals surface area contributed by atoms with Crippen molar-refractivity contribution in [1.29, 1.82) is 0 Å². The van der Waals surface area contributed by atoms with Gasteiger partial charge < -0.3 is 4.90 Å². The van der Waals surface area contributed by atoms with Crippen molar-refractivity contribution in [3.8, 4) is 0 Å². The van der Waals surface area contributed by atoms with E-state index in [-0.39, 0.29) is 0 Å². The third-order valence-corrected chi connectivity index (χ3v) is 3.60. The van der Waals surface area contributed by atoms with Gasteiger partial charge >= 0.3 is 0 Å². The minimum Gasteiger partial charge on any atom is -0.371 e. The summed E-state index contributed by atoms with van der Waals surface area (Å²) in [6.45, 7) is 3.06. The molecule has 2 aromatic rings. The van der Waals surface area contributed by atoms with Gasteiger partial charge in [-0.05, 0) is 41.8 Å². The van der Waals surface area contributed by atoms with E-state index in [1.165, 1.54) is 16.8 Å². The normalized spacial score (nSPS) is 10.9. The lowest BCUT2D eigenvalue weighted by Gasteiger charge is -2.17. The summed E-state index contributed by atoms with van der Waals surface area (Å²) in [6, 6.07) is 16.6. The molecule has 0 spiro atoms. The Morgan fingerprint density at radius 2 is 1.65 bits per heavy atom. The molecule has 20 heavy (non-hydrogen) atoms. The van der Waals surface area contributed by atoms with Crippen LogP contribution in [-0.2, 0) is 6.42 Å². The molecule has 0 bridgehead atoms. The van der Waals surface area contributed by atoms with E-state index in [0.29, 0.717) is 0 Å². The van der Waals surface area contributed by atoms with Crippen molar-refractivity contribution < 1.29 is 0 Å². The maximum atomic E-state index is 5.87. The Balaban J connectivity index is 1.93. The molecule has 0 amide bonds. The van der Waals surface area contributed by atoms with Crippen molar-refractivity contribution in [3.05, 3.63) is 70.8 Å². The average molecular weight is 286 g/mol. The van der Waals surface area contributed by atoms with E-state index in [0.717, 1.165) is 18.0 Å². The summed E-state index contributed by atoms with van der Waals surface area (Å²) in [7, 11) is 2.10. The lowest BCUT2D eigenvalue weighted by Crippen LogP contribution is -2.16. The SMILES string of the molecule is CCc1ccc(N(C)CC=Cc2ccc(Cl)cc2)cc1. The van der Waals surface area contributed by atoms with Gasteiger partial charge in [0.15, 0.2) is 0 Å². The molecule has 2 aromatic carbocycles. The standard InChI is InChI=1S/C18H20ClN/c1-3-15-8-12-18(13-9-15)20(2)14-4-5-16-6-10-17(19)11-7-16/h4-13H,3,14H2,1-2H3. The van der Waals surface area contributed by atoms with Gasteiger partial charge in [-0.1, -0.05) is 54.9 Å². The van der Waals surface area contributed by atoms with E-state index in [4.69, 9.17) is 11.6 Å². The highest BCUT2D eigenvalue weighted by molar-refractivity contribution is 6.30. The van der Waals surface area contributed by atoms with Crippen molar-refractivity contribution in [1.82, 2.24) is 0 Å². The highest BCUT2D eigenvalue weighted by Crippen LogP contribution is 2.15. The Morgan fingerprint density at radius 3 is 2.25 bits per heavy atom. The fourth-order valence-corrected chi connectivity index (χ4v) is 2.14. The summed E-state index contributed by atoms with van der Waals surface area (Å²) < 4.78 is 0. The van der Waals surface area contributed by atoms with Crippen LogP contribution >= 0.6 is 11.6 Å². The predicted molar refractivity (Wildman–Crippen MR) is 89.6 cm³/mol. The van der Waals surface area contributed by atoms with Gasteiger partial charge in [-0.15, -0.1) is 0 Å². The predicted octanol–water partition coefficient (Wildman–Crippen LogP) is 5.05. The largest absolute Gasteiger partial charge is 0.371 e. The number of benzene rings is 2.